The Balaban J connectivity index is 1.24. The van der Waals surface area contributed by atoms with E-state index < -0.39 is 15.8 Å². The number of amides is 1. The van der Waals surface area contributed by atoms with Crippen molar-refractivity contribution in [1.29, 1.82) is 0 Å². The highest BCUT2D eigenvalue weighted by Gasteiger charge is 2.40. The topological polar surface area (TPSA) is 117 Å². The van der Waals surface area contributed by atoms with Gasteiger partial charge in [0.1, 0.15) is 0 Å². The van der Waals surface area contributed by atoms with Gasteiger partial charge in [-0.3, -0.25) is 9.48 Å². The monoisotopic (exact) mass is 557 g/mol. The number of carbonyl (C=O) groups excluding carboxylic acids is 2. The average Bonchev–Trinajstić information content (AvgIpc) is 3.58. The predicted molar refractivity (Wildman–Crippen MR) is 145 cm³/mol. The molecule has 1 N–H and O–H groups in total. The van der Waals surface area contributed by atoms with Crippen molar-refractivity contribution in [2.24, 2.45) is 11.3 Å². The van der Waals surface area contributed by atoms with Crippen molar-refractivity contribution < 1.29 is 27.5 Å². The van der Waals surface area contributed by atoms with Gasteiger partial charge in [0.05, 0.1) is 39.3 Å². The number of sulfone groups is 1. The lowest BCUT2D eigenvalue weighted by molar-refractivity contribution is 0.0151. The Morgan fingerprint density at radius 2 is 1.90 bits per heavy atom. The molecule has 0 radical (unpaired) electrons. The second-order valence-corrected chi connectivity index (χ2v) is 13.7. The van der Waals surface area contributed by atoms with Gasteiger partial charge in [0.15, 0.2) is 9.84 Å². The Labute approximate surface area is 230 Å². The lowest BCUT2D eigenvalue weighted by Gasteiger charge is -2.36. The molecular formula is C29H39N3O6S. The van der Waals surface area contributed by atoms with Crippen molar-refractivity contribution in [2.75, 3.05) is 26.4 Å². The second kappa shape index (κ2) is 11.4. The van der Waals surface area contributed by atoms with E-state index in [1.54, 1.807) is 0 Å². The third-order valence-electron chi connectivity index (χ3n) is 8.56. The molecule has 1 saturated carbocycles. The summed E-state index contributed by atoms with van der Waals surface area (Å²) in [6.45, 7) is 6.73. The normalized spacial score (nSPS) is 20.3. The molecule has 9 nitrogen and oxygen atoms in total. The Kier molecular flexibility index (Phi) is 8.14. The van der Waals surface area contributed by atoms with Gasteiger partial charge in [-0.05, 0) is 68.2 Å². The van der Waals surface area contributed by atoms with Crippen LogP contribution in [0.3, 0.4) is 0 Å². The van der Waals surface area contributed by atoms with E-state index in [1.807, 2.05) is 18.5 Å². The van der Waals surface area contributed by atoms with Gasteiger partial charge in [0.2, 0.25) is 0 Å². The molecule has 0 bridgehead atoms. The second-order valence-electron chi connectivity index (χ2n) is 11.5. The molecule has 1 atom stereocenters. The van der Waals surface area contributed by atoms with Crippen molar-refractivity contribution in [3.05, 3.63) is 46.8 Å². The van der Waals surface area contributed by atoms with E-state index >= 15 is 0 Å². The highest BCUT2D eigenvalue weighted by molar-refractivity contribution is 7.92. The van der Waals surface area contributed by atoms with Crippen molar-refractivity contribution >= 4 is 21.7 Å². The highest BCUT2D eigenvalue weighted by atomic mass is 32.2. The Morgan fingerprint density at radius 1 is 1.21 bits per heavy atom. The number of carbonyl (C=O) groups is 2. The summed E-state index contributed by atoms with van der Waals surface area (Å²) in [4.78, 5) is 26.0. The number of rotatable bonds is 8. The molecule has 3 heterocycles. The SMILES string of the molecule is CCc1nn(C[C@@H](C)COC(=O)c2ccc(S(=O)(=O)C3CCCC3)cc2)c2c1C(=O)NCC1(CCOCC1)C2. The van der Waals surface area contributed by atoms with Crippen LogP contribution in [0.15, 0.2) is 29.2 Å². The number of aromatic nitrogens is 2. The molecule has 5 rings (SSSR count). The lowest BCUT2D eigenvalue weighted by atomic mass is 9.76. The van der Waals surface area contributed by atoms with Crippen molar-refractivity contribution in [1.82, 2.24) is 15.1 Å². The van der Waals surface area contributed by atoms with Crippen LogP contribution in [-0.4, -0.2) is 61.7 Å². The van der Waals surface area contributed by atoms with Gasteiger partial charge in [-0.25, -0.2) is 13.2 Å². The van der Waals surface area contributed by atoms with E-state index in [2.05, 4.69) is 5.32 Å². The van der Waals surface area contributed by atoms with Crippen LogP contribution in [0.4, 0.5) is 0 Å². The maximum Gasteiger partial charge on any atom is 0.338 e. The number of aryl methyl sites for hydroxylation is 1. The standard InChI is InChI=1S/C29H39N3O6S/c1-3-24-26-25(16-29(19-30-27(26)33)12-14-37-15-13-29)32(31-24)17-20(2)18-38-28(34)21-8-10-23(11-9-21)39(35,36)22-6-4-5-7-22/h8-11,20,22H,3-7,12-19H2,1-2H3,(H,30,33)/t20-/m1/s1. The summed E-state index contributed by atoms with van der Waals surface area (Å²) in [6.07, 6.45) is 6.50. The van der Waals surface area contributed by atoms with Crippen LogP contribution in [0.1, 0.15) is 84.5 Å². The largest absolute Gasteiger partial charge is 0.462 e. The van der Waals surface area contributed by atoms with E-state index in [9.17, 15) is 18.0 Å². The van der Waals surface area contributed by atoms with Crippen LogP contribution >= 0.6 is 0 Å². The van der Waals surface area contributed by atoms with Crippen molar-refractivity contribution in [3.8, 4) is 0 Å². The summed E-state index contributed by atoms with van der Waals surface area (Å²) in [5.74, 6) is -0.587. The minimum atomic E-state index is -3.36. The Bertz CT molecular complexity index is 1310. The molecule has 1 aliphatic carbocycles. The summed E-state index contributed by atoms with van der Waals surface area (Å²) >= 11 is 0. The number of fused-ring (bicyclic) bond motifs is 1. The van der Waals surface area contributed by atoms with Gasteiger partial charge in [-0.15, -0.1) is 0 Å². The number of esters is 1. The van der Waals surface area contributed by atoms with E-state index in [-0.39, 0.29) is 34.0 Å². The number of benzene rings is 1. The molecule has 10 heteroatoms. The first kappa shape index (κ1) is 27.8. The first-order valence-corrected chi connectivity index (χ1v) is 15.7. The van der Waals surface area contributed by atoms with Gasteiger partial charge in [0.25, 0.3) is 5.91 Å². The maximum atomic E-state index is 13.0. The molecule has 2 aromatic rings. The number of nitrogens with one attached hydrogen (secondary N) is 1. The molecule has 39 heavy (non-hydrogen) atoms. The molecule has 212 valence electrons. The van der Waals surface area contributed by atoms with E-state index in [1.165, 1.54) is 24.3 Å². The minimum Gasteiger partial charge on any atom is -0.462 e. The van der Waals surface area contributed by atoms with Gasteiger partial charge < -0.3 is 14.8 Å². The third kappa shape index (κ3) is 5.77. The fraction of sp³-hybridized carbons (Fsp3) is 0.621. The Morgan fingerprint density at radius 3 is 2.56 bits per heavy atom. The molecule has 2 fully saturated rings. The number of hydrogen-bond acceptors (Lipinski definition) is 7. The maximum absolute atomic E-state index is 13.0. The smallest absolute Gasteiger partial charge is 0.338 e. The zero-order valence-electron chi connectivity index (χ0n) is 22.9. The number of hydrogen-bond donors (Lipinski definition) is 1. The number of nitrogens with zero attached hydrogens (tertiary/aromatic N) is 2. The third-order valence-corrected chi connectivity index (χ3v) is 10.8. The average molecular weight is 558 g/mol. The van der Waals surface area contributed by atoms with Crippen molar-refractivity contribution in [3.63, 3.8) is 0 Å². The molecule has 1 amide bonds. The zero-order chi connectivity index (χ0) is 27.6. The first-order valence-electron chi connectivity index (χ1n) is 14.2. The van der Waals surface area contributed by atoms with Gasteiger partial charge >= 0.3 is 5.97 Å². The molecule has 0 unspecified atom stereocenters. The summed E-state index contributed by atoms with van der Waals surface area (Å²) in [5.41, 5.74) is 2.74. The summed E-state index contributed by atoms with van der Waals surface area (Å²) in [5, 5.41) is 7.61. The Hall–Kier alpha value is -2.72. The molecule has 1 aromatic carbocycles. The molecule has 2 aliphatic heterocycles. The number of ether oxygens (including phenoxy) is 2. The summed E-state index contributed by atoms with van der Waals surface area (Å²) in [6, 6.07) is 6.08. The molecular weight excluding hydrogens is 518 g/mol. The first-order chi connectivity index (χ1) is 18.7. The van der Waals surface area contributed by atoms with Crippen LogP contribution in [0.25, 0.3) is 0 Å². The fourth-order valence-electron chi connectivity index (χ4n) is 6.14. The molecule has 1 saturated heterocycles. The summed E-state index contributed by atoms with van der Waals surface area (Å²) < 4.78 is 38.8. The molecule has 1 spiro atoms. The van der Waals surface area contributed by atoms with Crippen LogP contribution in [0.2, 0.25) is 0 Å². The predicted octanol–water partition coefficient (Wildman–Crippen LogP) is 3.74. The van der Waals surface area contributed by atoms with Crippen LogP contribution in [-0.2, 0) is 38.7 Å². The van der Waals surface area contributed by atoms with E-state index in [0.29, 0.717) is 56.7 Å². The van der Waals surface area contributed by atoms with E-state index in [4.69, 9.17) is 14.6 Å². The zero-order valence-corrected chi connectivity index (χ0v) is 23.7. The van der Waals surface area contributed by atoms with Crippen LogP contribution in [0.5, 0.6) is 0 Å². The fourth-order valence-corrected chi connectivity index (χ4v) is 8.00. The quantitative estimate of drug-likeness (QED) is 0.492. The molecule has 3 aliphatic rings. The van der Waals surface area contributed by atoms with Gasteiger partial charge in [0, 0.05) is 32.2 Å². The van der Waals surface area contributed by atoms with Crippen molar-refractivity contribution in [2.45, 2.75) is 81.9 Å². The van der Waals surface area contributed by atoms with Gasteiger partial charge in [-0.2, -0.15) is 5.10 Å². The molecule has 1 aromatic heterocycles. The van der Waals surface area contributed by atoms with E-state index in [0.717, 1.165) is 43.5 Å². The summed E-state index contributed by atoms with van der Waals surface area (Å²) in [7, 11) is -3.36. The van der Waals surface area contributed by atoms with Gasteiger partial charge in [-0.1, -0.05) is 26.7 Å². The lowest BCUT2D eigenvalue weighted by Crippen LogP contribution is -2.41. The van der Waals surface area contributed by atoms with Crippen LogP contribution in [0, 0.1) is 11.3 Å². The van der Waals surface area contributed by atoms with Crippen LogP contribution < -0.4 is 5.32 Å². The minimum absolute atomic E-state index is 0.0327. The highest BCUT2D eigenvalue weighted by Crippen LogP contribution is 2.37.